The van der Waals surface area contributed by atoms with E-state index in [0.717, 1.165) is 8.58 Å². The van der Waals surface area contributed by atoms with Crippen molar-refractivity contribution < 1.29 is 0 Å². The number of rotatable bonds is 4. The second-order valence-electron chi connectivity index (χ2n) is 2.73. The molecule has 0 aromatic heterocycles. The molecule has 0 amide bonds. The Kier molecular flexibility index (Phi) is 4.04. The summed E-state index contributed by atoms with van der Waals surface area (Å²) in [5.41, 5.74) is 2.65. The van der Waals surface area contributed by atoms with Crippen molar-refractivity contribution in [3.8, 4) is 0 Å². The van der Waals surface area contributed by atoms with Crippen LogP contribution < -0.4 is 0 Å². The van der Waals surface area contributed by atoms with E-state index in [9.17, 15) is 0 Å². The minimum absolute atomic E-state index is 1.06. The lowest BCUT2D eigenvalue weighted by Gasteiger charge is -1.99. The van der Waals surface area contributed by atoms with Crippen molar-refractivity contribution in [1.82, 2.24) is 0 Å². The smallest absolute Gasteiger partial charge is 0.0101 e. The molecule has 1 rings (SSSR count). The van der Waals surface area contributed by atoms with Gasteiger partial charge in [0.05, 0.1) is 0 Å². The van der Waals surface area contributed by atoms with Crippen LogP contribution in [0.25, 0.3) is 6.08 Å². The van der Waals surface area contributed by atoms with Gasteiger partial charge in [-0.2, -0.15) is 0 Å². The molecule has 0 saturated heterocycles. The first-order valence-electron chi connectivity index (χ1n) is 4.29. The largest absolute Gasteiger partial charge is 0.118 e. The molecule has 1 heteroatoms. The highest BCUT2D eigenvalue weighted by molar-refractivity contribution is 7.37. The summed E-state index contributed by atoms with van der Waals surface area (Å²) in [4.78, 5) is 0. The summed E-state index contributed by atoms with van der Waals surface area (Å²) in [5.74, 6) is 0. The lowest BCUT2D eigenvalue weighted by atomic mass is 10.1. The van der Waals surface area contributed by atoms with E-state index in [2.05, 4.69) is 37.8 Å². The van der Waals surface area contributed by atoms with Crippen molar-refractivity contribution in [2.45, 2.75) is 13.1 Å². The topological polar surface area (TPSA) is 0 Å². The van der Waals surface area contributed by atoms with Gasteiger partial charge in [-0.05, 0) is 23.5 Å². The maximum absolute atomic E-state index is 3.72. The van der Waals surface area contributed by atoms with Gasteiger partial charge in [-0.1, -0.05) is 43.8 Å². The predicted octanol–water partition coefficient (Wildman–Crippen LogP) is 3.53. The molecule has 1 unspecified atom stereocenters. The van der Waals surface area contributed by atoms with Crippen LogP contribution in [0.15, 0.2) is 30.8 Å². The Bertz CT molecular complexity index is 236. The van der Waals surface area contributed by atoms with Crippen molar-refractivity contribution >= 4 is 14.7 Å². The monoisotopic (exact) mass is 178 g/mol. The molecule has 0 aliphatic rings. The third kappa shape index (κ3) is 2.79. The van der Waals surface area contributed by atoms with Crippen molar-refractivity contribution in [2.75, 3.05) is 6.16 Å². The van der Waals surface area contributed by atoms with Crippen LogP contribution in [-0.4, -0.2) is 6.16 Å². The summed E-state index contributed by atoms with van der Waals surface area (Å²) in [6, 6.07) is 8.64. The summed E-state index contributed by atoms with van der Waals surface area (Å²) < 4.78 is 0. The van der Waals surface area contributed by atoms with Gasteiger partial charge in [-0.3, -0.25) is 0 Å². The highest BCUT2D eigenvalue weighted by Crippen LogP contribution is 2.17. The molecular weight excluding hydrogens is 163 g/mol. The Morgan fingerprint density at radius 3 is 2.50 bits per heavy atom. The molecular formula is C11H15P. The van der Waals surface area contributed by atoms with Gasteiger partial charge < -0.3 is 0 Å². The minimum atomic E-state index is 1.06. The van der Waals surface area contributed by atoms with Crippen molar-refractivity contribution in [1.29, 1.82) is 0 Å². The van der Waals surface area contributed by atoms with E-state index in [0.29, 0.717) is 0 Å². The molecule has 0 spiro atoms. The highest BCUT2D eigenvalue weighted by atomic mass is 31.1. The fourth-order valence-electron chi connectivity index (χ4n) is 1.04. The van der Waals surface area contributed by atoms with Crippen LogP contribution in [0.5, 0.6) is 0 Å². The van der Waals surface area contributed by atoms with Gasteiger partial charge in [0.2, 0.25) is 0 Å². The summed E-state index contributed by atoms with van der Waals surface area (Å²) in [7, 11) is 1.06. The molecule has 0 aliphatic heterocycles. The van der Waals surface area contributed by atoms with Crippen LogP contribution in [0.1, 0.15) is 18.1 Å². The van der Waals surface area contributed by atoms with E-state index in [1.54, 1.807) is 0 Å². The number of hydrogen-bond acceptors (Lipinski definition) is 0. The number of benzene rings is 1. The lowest BCUT2D eigenvalue weighted by Crippen LogP contribution is -1.79. The van der Waals surface area contributed by atoms with Gasteiger partial charge in [0, 0.05) is 0 Å². The first kappa shape index (κ1) is 9.48. The third-order valence-corrected chi connectivity index (χ3v) is 2.95. The molecule has 0 radical (unpaired) electrons. The SMILES string of the molecule is C=Cc1ccc(CPCC)cc1. The Morgan fingerprint density at radius 2 is 2.00 bits per heavy atom. The maximum Gasteiger partial charge on any atom is -0.0101 e. The zero-order chi connectivity index (χ0) is 8.81. The van der Waals surface area contributed by atoms with Crippen LogP contribution >= 0.6 is 8.58 Å². The van der Waals surface area contributed by atoms with Crippen LogP contribution in [-0.2, 0) is 6.16 Å². The zero-order valence-electron chi connectivity index (χ0n) is 7.51. The minimum Gasteiger partial charge on any atom is -0.118 e. The van der Waals surface area contributed by atoms with Gasteiger partial charge in [-0.15, -0.1) is 8.58 Å². The summed E-state index contributed by atoms with van der Waals surface area (Å²) >= 11 is 0. The van der Waals surface area contributed by atoms with Crippen LogP contribution in [0.3, 0.4) is 0 Å². The summed E-state index contributed by atoms with van der Waals surface area (Å²) in [6.07, 6.45) is 4.41. The first-order chi connectivity index (χ1) is 5.86. The average molecular weight is 178 g/mol. The molecule has 0 heterocycles. The van der Waals surface area contributed by atoms with E-state index >= 15 is 0 Å². The summed E-state index contributed by atoms with van der Waals surface area (Å²) in [5, 5.41) is 0. The Labute approximate surface area is 76.5 Å². The van der Waals surface area contributed by atoms with Gasteiger partial charge in [-0.25, -0.2) is 0 Å². The second-order valence-corrected chi connectivity index (χ2v) is 4.29. The molecule has 0 aliphatic carbocycles. The van der Waals surface area contributed by atoms with Gasteiger partial charge in [0.15, 0.2) is 0 Å². The van der Waals surface area contributed by atoms with Crippen LogP contribution in [0.2, 0.25) is 0 Å². The molecule has 64 valence electrons. The molecule has 1 atom stereocenters. The second kappa shape index (κ2) is 5.11. The Morgan fingerprint density at radius 1 is 1.33 bits per heavy atom. The van der Waals surface area contributed by atoms with Crippen molar-refractivity contribution in [2.24, 2.45) is 0 Å². The summed E-state index contributed by atoms with van der Waals surface area (Å²) in [6.45, 7) is 5.96. The van der Waals surface area contributed by atoms with E-state index in [1.807, 2.05) is 6.08 Å². The molecule has 1 aromatic carbocycles. The van der Waals surface area contributed by atoms with E-state index < -0.39 is 0 Å². The van der Waals surface area contributed by atoms with Crippen LogP contribution in [0.4, 0.5) is 0 Å². The maximum atomic E-state index is 3.72. The lowest BCUT2D eigenvalue weighted by molar-refractivity contribution is 1.37. The molecule has 0 fully saturated rings. The van der Waals surface area contributed by atoms with Gasteiger partial charge >= 0.3 is 0 Å². The van der Waals surface area contributed by atoms with Gasteiger partial charge in [0.1, 0.15) is 0 Å². The fourth-order valence-corrected chi connectivity index (χ4v) is 1.82. The van der Waals surface area contributed by atoms with Gasteiger partial charge in [0.25, 0.3) is 0 Å². The van der Waals surface area contributed by atoms with Crippen LogP contribution in [0, 0.1) is 0 Å². The molecule has 0 nitrogen and oxygen atoms in total. The van der Waals surface area contributed by atoms with E-state index in [1.165, 1.54) is 23.5 Å². The molecule has 0 saturated carbocycles. The highest BCUT2D eigenvalue weighted by Gasteiger charge is 1.90. The van der Waals surface area contributed by atoms with Crippen molar-refractivity contribution in [3.05, 3.63) is 42.0 Å². The zero-order valence-corrected chi connectivity index (χ0v) is 8.51. The fraction of sp³-hybridized carbons (Fsp3) is 0.273. The first-order valence-corrected chi connectivity index (χ1v) is 5.70. The van der Waals surface area contributed by atoms with Crippen molar-refractivity contribution in [3.63, 3.8) is 0 Å². The molecule has 0 N–H and O–H groups in total. The average Bonchev–Trinajstić information content (AvgIpc) is 2.15. The Hall–Kier alpha value is -0.610. The molecule has 0 bridgehead atoms. The van der Waals surface area contributed by atoms with E-state index in [4.69, 9.17) is 0 Å². The number of hydrogen-bond donors (Lipinski definition) is 0. The standard InChI is InChI=1S/C11H15P/c1-3-10-5-7-11(8-6-10)9-12-4-2/h3,5-8,12H,1,4,9H2,2H3. The third-order valence-electron chi connectivity index (χ3n) is 1.79. The molecule has 12 heavy (non-hydrogen) atoms. The Balaban J connectivity index is 2.58. The predicted molar refractivity (Wildman–Crippen MR) is 59.1 cm³/mol. The quantitative estimate of drug-likeness (QED) is 0.619. The molecule has 1 aromatic rings. The van der Waals surface area contributed by atoms with E-state index in [-0.39, 0.29) is 0 Å². The normalized spacial score (nSPS) is 10.8.